The summed E-state index contributed by atoms with van der Waals surface area (Å²) in [6, 6.07) is 11.0. The first-order valence-corrected chi connectivity index (χ1v) is 9.32. The van der Waals surface area contributed by atoms with Gasteiger partial charge in [0.25, 0.3) is 0 Å². The molecular weight excluding hydrogens is 451 g/mol. The van der Waals surface area contributed by atoms with Crippen LogP contribution in [0.3, 0.4) is 0 Å². The third-order valence-corrected chi connectivity index (χ3v) is 4.99. The van der Waals surface area contributed by atoms with Crippen molar-refractivity contribution in [3.8, 4) is 0 Å². The molecule has 3 rings (SSSR count). The molecule has 1 aromatic heterocycles. The lowest BCUT2D eigenvalue weighted by Gasteiger charge is -2.25. The maximum atomic E-state index is 4.38. The molecule has 0 amide bonds. The van der Waals surface area contributed by atoms with Crippen LogP contribution >= 0.6 is 24.0 Å². The molecule has 1 aliphatic carbocycles. The lowest BCUT2D eigenvalue weighted by atomic mass is 10.1. The standard InChI is InChI=1S/C20H30N6.HI/c1-21-20(23-14-19(25(2)3)16-9-10-16)22-13-17-7-4-5-8-18(17)15-26-12-6-11-24-26;/h4-8,11-12,16,19H,9-10,13-15H2,1-3H3,(H2,21,22,23);1H. The summed E-state index contributed by atoms with van der Waals surface area (Å²) in [5.74, 6) is 1.68. The van der Waals surface area contributed by atoms with Gasteiger partial charge in [-0.15, -0.1) is 24.0 Å². The van der Waals surface area contributed by atoms with Gasteiger partial charge in [0.15, 0.2) is 5.96 Å². The Kier molecular flexibility index (Phi) is 8.56. The Morgan fingerprint density at radius 2 is 1.96 bits per heavy atom. The molecule has 27 heavy (non-hydrogen) atoms. The Balaban J connectivity index is 0.00000261. The van der Waals surface area contributed by atoms with Crippen LogP contribution in [0.2, 0.25) is 0 Å². The van der Waals surface area contributed by atoms with E-state index in [0.29, 0.717) is 6.04 Å². The molecule has 0 bridgehead atoms. The highest BCUT2D eigenvalue weighted by molar-refractivity contribution is 14.0. The summed E-state index contributed by atoms with van der Waals surface area (Å²) in [7, 11) is 6.14. The summed E-state index contributed by atoms with van der Waals surface area (Å²) in [6.07, 6.45) is 6.49. The molecule has 148 valence electrons. The first-order valence-electron chi connectivity index (χ1n) is 9.32. The molecule has 1 heterocycles. The van der Waals surface area contributed by atoms with Crippen molar-refractivity contribution in [3.05, 3.63) is 53.9 Å². The van der Waals surface area contributed by atoms with Gasteiger partial charge in [-0.25, -0.2) is 0 Å². The molecular formula is C20H31IN6. The van der Waals surface area contributed by atoms with Gasteiger partial charge in [-0.1, -0.05) is 24.3 Å². The van der Waals surface area contributed by atoms with Gasteiger partial charge in [0.2, 0.25) is 0 Å². The van der Waals surface area contributed by atoms with Crippen LogP contribution in [0.4, 0.5) is 0 Å². The summed E-state index contributed by atoms with van der Waals surface area (Å²) < 4.78 is 1.95. The number of nitrogens with zero attached hydrogens (tertiary/aromatic N) is 4. The molecule has 1 atom stereocenters. The molecule has 6 nitrogen and oxygen atoms in total. The third kappa shape index (κ3) is 6.49. The first kappa shape index (κ1) is 21.7. The monoisotopic (exact) mass is 482 g/mol. The van der Waals surface area contributed by atoms with E-state index in [1.54, 1.807) is 0 Å². The number of hydrogen-bond acceptors (Lipinski definition) is 3. The summed E-state index contributed by atoms with van der Waals surface area (Å²) >= 11 is 0. The molecule has 1 aliphatic rings. The molecule has 0 saturated heterocycles. The number of nitrogens with one attached hydrogen (secondary N) is 2. The van der Waals surface area contributed by atoms with E-state index in [4.69, 9.17) is 0 Å². The van der Waals surface area contributed by atoms with Crippen molar-refractivity contribution in [2.45, 2.75) is 32.0 Å². The van der Waals surface area contributed by atoms with Crippen LogP contribution in [-0.4, -0.2) is 54.4 Å². The maximum Gasteiger partial charge on any atom is 0.191 e. The van der Waals surface area contributed by atoms with Crippen LogP contribution in [0.25, 0.3) is 0 Å². The molecule has 7 heteroatoms. The predicted molar refractivity (Wildman–Crippen MR) is 122 cm³/mol. The van der Waals surface area contributed by atoms with Crippen LogP contribution in [-0.2, 0) is 13.1 Å². The zero-order chi connectivity index (χ0) is 18.4. The van der Waals surface area contributed by atoms with Gasteiger partial charge < -0.3 is 15.5 Å². The lowest BCUT2D eigenvalue weighted by molar-refractivity contribution is 0.264. The highest BCUT2D eigenvalue weighted by Crippen LogP contribution is 2.34. The zero-order valence-electron chi connectivity index (χ0n) is 16.4. The van der Waals surface area contributed by atoms with Crippen molar-refractivity contribution in [1.29, 1.82) is 0 Å². The van der Waals surface area contributed by atoms with Gasteiger partial charge in [-0.3, -0.25) is 9.67 Å². The van der Waals surface area contributed by atoms with E-state index in [0.717, 1.165) is 31.5 Å². The average molecular weight is 482 g/mol. The van der Waals surface area contributed by atoms with E-state index < -0.39 is 0 Å². The fourth-order valence-electron chi connectivity index (χ4n) is 3.31. The Hall–Kier alpha value is -1.61. The number of hydrogen-bond donors (Lipinski definition) is 2. The van der Waals surface area contributed by atoms with Crippen molar-refractivity contribution in [2.24, 2.45) is 10.9 Å². The van der Waals surface area contributed by atoms with Gasteiger partial charge in [-0.2, -0.15) is 5.10 Å². The largest absolute Gasteiger partial charge is 0.355 e. The fourth-order valence-corrected chi connectivity index (χ4v) is 3.31. The molecule has 2 N–H and O–H groups in total. The minimum absolute atomic E-state index is 0. The van der Waals surface area contributed by atoms with Gasteiger partial charge >= 0.3 is 0 Å². The predicted octanol–water partition coefficient (Wildman–Crippen LogP) is 2.55. The van der Waals surface area contributed by atoms with Crippen LogP contribution in [0.5, 0.6) is 0 Å². The molecule has 1 unspecified atom stereocenters. The van der Waals surface area contributed by atoms with Crippen molar-refractivity contribution >= 4 is 29.9 Å². The number of aromatic nitrogens is 2. The molecule has 1 fully saturated rings. The van der Waals surface area contributed by atoms with E-state index in [1.165, 1.54) is 24.0 Å². The molecule has 0 spiro atoms. The quantitative estimate of drug-likeness (QED) is 0.345. The molecule has 2 aromatic rings. The second kappa shape index (κ2) is 10.7. The second-order valence-corrected chi connectivity index (χ2v) is 7.15. The van der Waals surface area contributed by atoms with Crippen molar-refractivity contribution in [3.63, 3.8) is 0 Å². The third-order valence-electron chi connectivity index (χ3n) is 4.99. The summed E-state index contributed by atoms with van der Waals surface area (Å²) in [5.41, 5.74) is 2.53. The molecule has 0 aliphatic heterocycles. The van der Waals surface area contributed by atoms with Crippen LogP contribution in [0.1, 0.15) is 24.0 Å². The Morgan fingerprint density at radius 1 is 1.22 bits per heavy atom. The van der Waals surface area contributed by atoms with Crippen LogP contribution < -0.4 is 10.6 Å². The minimum atomic E-state index is 0. The average Bonchev–Trinajstić information content (AvgIpc) is 3.34. The minimum Gasteiger partial charge on any atom is -0.355 e. The number of guanidine groups is 1. The number of benzene rings is 1. The van der Waals surface area contributed by atoms with Crippen LogP contribution in [0, 0.1) is 5.92 Å². The number of rotatable bonds is 8. The van der Waals surface area contributed by atoms with E-state index in [2.05, 4.69) is 64.0 Å². The van der Waals surface area contributed by atoms with E-state index >= 15 is 0 Å². The van der Waals surface area contributed by atoms with Gasteiger partial charge in [0.05, 0.1) is 6.54 Å². The Morgan fingerprint density at radius 3 is 2.56 bits per heavy atom. The number of halogens is 1. The van der Waals surface area contributed by atoms with Gasteiger partial charge in [0, 0.05) is 38.6 Å². The maximum absolute atomic E-state index is 4.38. The summed E-state index contributed by atoms with van der Waals surface area (Å²) in [4.78, 5) is 6.69. The van der Waals surface area contributed by atoms with E-state index in [1.807, 2.05) is 30.2 Å². The van der Waals surface area contributed by atoms with Gasteiger partial charge in [-0.05, 0) is 50.0 Å². The zero-order valence-corrected chi connectivity index (χ0v) is 18.8. The molecule has 0 radical (unpaired) electrons. The number of likely N-dealkylation sites (N-methyl/N-ethyl adjacent to an activating group) is 1. The number of aliphatic imine (C=N–C) groups is 1. The summed E-state index contributed by atoms with van der Waals surface area (Å²) in [6.45, 7) is 2.45. The van der Waals surface area contributed by atoms with Crippen molar-refractivity contribution in [1.82, 2.24) is 25.3 Å². The van der Waals surface area contributed by atoms with Gasteiger partial charge in [0.1, 0.15) is 0 Å². The fraction of sp³-hybridized carbons (Fsp3) is 0.500. The molecule has 1 saturated carbocycles. The smallest absolute Gasteiger partial charge is 0.191 e. The van der Waals surface area contributed by atoms with E-state index in [-0.39, 0.29) is 24.0 Å². The SMILES string of the molecule is CN=C(NCc1ccccc1Cn1cccn1)NCC(C1CC1)N(C)C.I. The van der Waals surface area contributed by atoms with Crippen LogP contribution in [0.15, 0.2) is 47.7 Å². The second-order valence-electron chi connectivity index (χ2n) is 7.15. The van der Waals surface area contributed by atoms with E-state index in [9.17, 15) is 0 Å². The van der Waals surface area contributed by atoms with Crippen molar-refractivity contribution in [2.75, 3.05) is 27.7 Å². The van der Waals surface area contributed by atoms with Crippen molar-refractivity contribution < 1.29 is 0 Å². The summed E-state index contributed by atoms with van der Waals surface area (Å²) in [5, 5.41) is 11.2. The first-order chi connectivity index (χ1) is 12.7. The Labute approximate surface area is 179 Å². The topological polar surface area (TPSA) is 57.5 Å². The highest BCUT2D eigenvalue weighted by Gasteiger charge is 2.32. The molecule has 1 aromatic carbocycles. The Bertz CT molecular complexity index is 707. The highest BCUT2D eigenvalue weighted by atomic mass is 127. The normalized spacial score (nSPS) is 15.3. The lowest BCUT2D eigenvalue weighted by Crippen LogP contribution is -2.45.